The van der Waals surface area contributed by atoms with Crippen LogP contribution in [0.1, 0.15) is 23.2 Å². The maximum absolute atomic E-state index is 12.9. The van der Waals surface area contributed by atoms with Crippen molar-refractivity contribution in [2.45, 2.75) is 18.9 Å². The van der Waals surface area contributed by atoms with Crippen LogP contribution >= 0.6 is 15.9 Å². The molecular formula is C20H23BrN2O3. The number of halogens is 1. The maximum atomic E-state index is 12.9. The van der Waals surface area contributed by atoms with E-state index in [9.17, 15) is 4.79 Å². The summed E-state index contributed by atoms with van der Waals surface area (Å²) in [6, 6.07) is 13.9. The Bertz CT molecular complexity index is 756. The number of nitrogens with one attached hydrogen (secondary N) is 1. The summed E-state index contributed by atoms with van der Waals surface area (Å²) < 4.78 is 11.8. The van der Waals surface area contributed by atoms with Crippen molar-refractivity contribution in [3.63, 3.8) is 0 Å². The molecule has 0 unspecified atom stereocenters. The standard InChI is InChI=1S/C20H23BrN2O3/c1-25-18-5-3-4-17(19(18)26-2)20(24)23-12-10-16(11-13-23)22-15-8-6-14(21)7-9-15/h3-9,16,22H,10-13H2,1-2H3. The summed E-state index contributed by atoms with van der Waals surface area (Å²) in [6.45, 7) is 1.43. The normalized spacial score (nSPS) is 14.8. The minimum absolute atomic E-state index is 0.0113. The van der Waals surface area contributed by atoms with E-state index < -0.39 is 0 Å². The average Bonchev–Trinajstić information content (AvgIpc) is 2.69. The van der Waals surface area contributed by atoms with Gasteiger partial charge in [0.1, 0.15) is 0 Å². The van der Waals surface area contributed by atoms with Gasteiger partial charge in [0.15, 0.2) is 11.5 Å². The number of nitrogens with zero attached hydrogens (tertiary/aromatic N) is 1. The second-order valence-corrected chi connectivity index (χ2v) is 7.17. The van der Waals surface area contributed by atoms with Crippen LogP contribution in [0.3, 0.4) is 0 Å². The Balaban J connectivity index is 1.63. The van der Waals surface area contributed by atoms with Crippen LogP contribution in [-0.4, -0.2) is 44.2 Å². The average molecular weight is 419 g/mol. The Morgan fingerprint density at radius 1 is 1.08 bits per heavy atom. The van der Waals surface area contributed by atoms with Gasteiger partial charge < -0.3 is 19.7 Å². The number of methoxy groups -OCH3 is 2. The lowest BCUT2D eigenvalue weighted by Gasteiger charge is -2.33. The van der Waals surface area contributed by atoms with Crippen molar-refractivity contribution in [1.29, 1.82) is 0 Å². The SMILES string of the molecule is COc1cccc(C(=O)N2CCC(Nc3ccc(Br)cc3)CC2)c1OC. The monoisotopic (exact) mass is 418 g/mol. The van der Waals surface area contributed by atoms with Crippen LogP contribution in [0.25, 0.3) is 0 Å². The van der Waals surface area contributed by atoms with Crippen LogP contribution in [0, 0.1) is 0 Å². The topological polar surface area (TPSA) is 50.8 Å². The zero-order chi connectivity index (χ0) is 18.5. The zero-order valence-corrected chi connectivity index (χ0v) is 16.6. The lowest BCUT2D eigenvalue weighted by atomic mass is 10.0. The van der Waals surface area contributed by atoms with E-state index in [-0.39, 0.29) is 5.91 Å². The molecule has 2 aromatic carbocycles. The van der Waals surface area contributed by atoms with Gasteiger partial charge in [-0.25, -0.2) is 0 Å². The number of anilines is 1. The highest BCUT2D eigenvalue weighted by molar-refractivity contribution is 9.10. The van der Waals surface area contributed by atoms with Gasteiger partial charge >= 0.3 is 0 Å². The number of para-hydroxylation sites is 1. The molecule has 1 fully saturated rings. The van der Waals surface area contributed by atoms with Crippen LogP contribution in [-0.2, 0) is 0 Å². The number of amides is 1. The number of carbonyl (C=O) groups excluding carboxylic acids is 1. The smallest absolute Gasteiger partial charge is 0.257 e. The predicted octanol–water partition coefficient (Wildman–Crippen LogP) is 4.18. The van der Waals surface area contributed by atoms with E-state index in [1.807, 2.05) is 23.1 Å². The molecule has 0 atom stereocenters. The van der Waals surface area contributed by atoms with Gasteiger partial charge in [-0.3, -0.25) is 4.79 Å². The van der Waals surface area contributed by atoms with E-state index >= 15 is 0 Å². The number of rotatable bonds is 5. The second-order valence-electron chi connectivity index (χ2n) is 6.26. The summed E-state index contributed by atoms with van der Waals surface area (Å²) in [5.41, 5.74) is 1.65. The first-order valence-corrected chi connectivity index (χ1v) is 9.44. The van der Waals surface area contributed by atoms with Gasteiger partial charge in [-0.2, -0.15) is 0 Å². The minimum atomic E-state index is -0.0113. The molecule has 1 heterocycles. The van der Waals surface area contributed by atoms with Crippen LogP contribution in [0.15, 0.2) is 46.9 Å². The van der Waals surface area contributed by atoms with Gasteiger partial charge in [0.2, 0.25) is 0 Å². The summed E-state index contributed by atoms with van der Waals surface area (Å²) in [7, 11) is 3.13. The first-order chi connectivity index (χ1) is 12.6. The van der Waals surface area contributed by atoms with E-state index in [0.29, 0.717) is 36.2 Å². The third-order valence-corrected chi connectivity index (χ3v) is 5.16. The van der Waals surface area contributed by atoms with E-state index in [0.717, 1.165) is 23.0 Å². The number of piperidine rings is 1. The van der Waals surface area contributed by atoms with Crippen molar-refractivity contribution in [1.82, 2.24) is 4.90 Å². The number of hydrogen-bond acceptors (Lipinski definition) is 4. The molecule has 1 saturated heterocycles. The fraction of sp³-hybridized carbons (Fsp3) is 0.350. The van der Waals surface area contributed by atoms with Crippen molar-refractivity contribution in [2.75, 3.05) is 32.6 Å². The largest absolute Gasteiger partial charge is 0.493 e. The molecule has 0 aliphatic carbocycles. The molecule has 138 valence electrons. The van der Waals surface area contributed by atoms with E-state index in [2.05, 4.69) is 33.4 Å². The third kappa shape index (κ3) is 4.12. The first-order valence-electron chi connectivity index (χ1n) is 8.64. The van der Waals surface area contributed by atoms with Gasteiger partial charge in [0.25, 0.3) is 5.91 Å². The van der Waals surface area contributed by atoms with Crippen molar-refractivity contribution < 1.29 is 14.3 Å². The summed E-state index contributed by atoms with van der Waals surface area (Å²) in [6.07, 6.45) is 1.82. The number of ether oxygens (including phenoxy) is 2. The first kappa shape index (κ1) is 18.6. The summed E-state index contributed by atoms with van der Waals surface area (Å²) in [5, 5.41) is 3.54. The molecule has 3 rings (SSSR count). The maximum Gasteiger partial charge on any atom is 0.257 e. The van der Waals surface area contributed by atoms with Crippen molar-refractivity contribution in [3.8, 4) is 11.5 Å². The summed E-state index contributed by atoms with van der Waals surface area (Å²) in [4.78, 5) is 14.8. The molecule has 5 nitrogen and oxygen atoms in total. The van der Waals surface area contributed by atoms with Crippen molar-refractivity contribution >= 4 is 27.5 Å². The molecule has 0 saturated carbocycles. The highest BCUT2D eigenvalue weighted by Gasteiger charge is 2.26. The molecule has 0 spiro atoms. The Hall–Kier alpha value is -2.21. The fourth-order valence-electron chi connectivity index (χ4n) is 3.23. The van der Waals surface area contributed by atoms with E-state index in [1.165, 1.54) is 0 Å². The van der Waals surface area contributed by atoms with Gasteiger partial charge in [-0.1, -0.05) is 22.0 Å². The lowest BCUT2D eigenvalue weighted by Crippen LogP contribution is -2.42. The summed E-state index contributed by atoms with van der Waals surface area (Å²) >= 11 is 3.45. The van der Waals surface area contributed by atoms with Crippen molar-refractivity contribution in [2.24, 2.45) is 0 Å². The lowest BCUT2D eigenvalue weighted by molar-refractivity contribution is 0.0714. The molecule has 1 N–H and O–H groups in total. The molecule has 0 aromatic heterocycles. The van der Waals surface area contributed by atoms with Crippen LogP contribution < -0.4 is 14.8 Å². The Morgan fingerprint density at radius 3 is 2.38 bits per heavy atom. The summed E-state index contributed by atoms with van der Waals surface area (Å²) in [5.74, 6) is 1.06. The number of carbonyl (C=O) groups is 1. The highest BCUT2D eigenvalue weighted by Crippen LogP contribution is 2.32. The quantitative estimate of drug-likeness (QED) is 0.790. The zero-order valence-electron chi connectivity index (χ0n) is 15.0. The Morgan fingerprint density at radius 2 is 1.77 bits per heavy atom. The molecule has 1 aliphatic rings. The Labute approximate surface area is 162 Å². The molecule has 0 radical (unpaired) electrons. The molecular weight excluding hydrogens is 396 g/mol. The molecule has 2 aromatic rings. The van der Waals surface area contributed by atoms with Crippen LogP contribution in [0.2, 0.25) is 0 Å². The fourth-order valence-corrected chi connectivity index (χ4v) is 3.50. The molecule has 0 bridgehead atoms. The molecule has 1 aliphatic heterocycles. The second kappa shape index (κ2) is 8.45. The van der Waals surface area contributed by atoms with Gasteiger partial charge in [-0.15, -0.1) is 0 Å². The van der Waals surface area contributed by atoms with Gasteiger partial charge in [0.05, 0.1) is 19.8 Å². The van der Waals surface area contributed by atoms with E-state index in [4.69, 9.17) is 9.47 Å². The van der Waals surface area contributed by atoms with Crippen molar-refractivity contribution in [3.05, 3.63) is 52.5 Å². The van der Waals surface area contributed by atoms with Gasteiger partial charge in [0, 0.05) is 29.3 Å². The van der Waals surface area contributed by atoms with Crippen LogP contribution in [0.4, 0.5) is 5.69 Å². The predicted molar refractivity (Wildman–Crippen MR) is 106 cm³/mol. The minimum Gasteiger partial charge on any atom is -0.493 e. The number of likely N-dealkylation sites (tertiary alicyclic amines) is 1. The van der Waals surface area contributed by atoms with Crippen LogP contribution in [0.5, 0.6) is 11.5 Å². The molecule has 6 heteroatoms. The highest BCUT2D eigenvalue weighted by atomic mass is 79.9. The molecule has 1 amide bonds. The number of hydrogen-bond donors (Lipinski definition) is 1. The third-order valence-electron chi connectivity index (χ3n) is 4.63. The molecule has 26 heavy (non-hydrogen) atoms. The van der Waals surface area contributed by atoms with E-state index in [1.54, 1.807) is 26.4 Å². The number of benzene rings is 2. The Kier molecular flexibility index (Phi) is 6.04. The van der Waals surface area contributed by atoms with Gasteiger partial charge in [-0.05, 0) is 49.2 Å².